The molecule has 0 fully saturated rings. The lowest BCUT2D eigenvalue weighted by molar-refractivity contribution is 0.616. The maximum absolute atomic E-state index is 8.81. The van der Waals surface area contributed by atoms with E-state index in [2.05, 4.69) is 17.2 Å². The fourth-order valence-corrected chi connectivity index (χ4v) is 0.718. The third-order valence-electron chi connectivity index (χ3n) is 1.26. The highest BCUT2D eigenvalue weighted by atomic mass is 32.2. The Kier molecular flexibility index (Phi) is 4.53. The zero-order chi connectivity index (χ0) is 9.72. The van der Waals surface area contributed by atoms with Crippen molar-refractivity contribution in [1.29, 1.82) is 0 Å². The van der Waals surface area contributed by atoms with Crippen LogP contribution in [0.1, 0.15) is 11.3 Å². The van der Waals surface area contributed by atoms with Crippen LogP contribution in [0.5, 0.6) is 0 Å². The minimum Gasteiger partial charge on any atom is -0.275 e. The molecule has 0 saturated heterocycles. The molecule has 12 heavy (non-hydrogen) atoms. The van der Waals surface area contributed by atoms with E-state index in [-0.39, 0.29) is 0 Å². The van der Waals surface area contributed by atoms with Crippen LogP contribution in [-0.4, -0.2) is 18.2 Å². The summed E-state index contributed by atoms with van der Waals surface area (Å²) < 4.78 is 19.5. The fourth-order valence-electron chi connectivity index (χ4n) is 0.718. The van der Waals surface area contributed by atoms with E-state index in [9.17, 15) is 0 Å². The smallest absolute Gasteiger partial charge is 0.198 e. The van der Waals surface area contributed by atoms with Crippen LogP contribution < -0.4 is 5.14 Å². The van der Waals surface area contributed by atoms with Crippen LogP contribution in [0.3, 0.4) is 0 Å². The Bertz CT molecular complexity index is 289. The zero-order valence-electron chi connectivity index (χ0n) is 7.31. The van der Waals surface area contributed by atoms with Gasteiger partial charge < -0.3 is 0 Å². The number of rotatable bonds is 0. The molecule has 0 atom stereocenters. The number of hydrogen-bond acceptors (Lipinski definition) is 3. The van der Waals surface area contributed by atoms with Crippen molar-refractivity contribution in [3.8, 4) is 0 Å². The highest BCUT2D eigenvalue weighted by Gasteiger charge is 1.92. The van der Waals surface area contributed by atoms with E-state index >= 15 is 0 Å². The average molecular weight is 191 g/mol. The first-order valence-electron chi connectivity index (χ1n) is 3.29. The van der Waals surface area contributed by atoms with Crippen molar-refractivity contribution in [1.82, 2.24) is 9.78 Å². The predicted octanol–water partition coefficient (Wildman–Crippen LogP) is -0.492. The molecule has 0 aliphatic rings. The molecule has 5 nitrogen and oxygen atoms in total. The van der Waals surface area contributed by atoms with Gasteiger partial charge in [0.05, 0.1) is 5.69 Å². The zero-order valence-corrected chi connectivity index (χ0v) is 8.21. The molecule has 1 rings (SSSR count). The molecule has 0 radical (unpaired) electrons. The van der Waals surface area contributed by atoms with Gasteiger partial charge >= 0.3 is 0 Å². The molecule has 0 amide bonds. The molecule has 0 unspecified atom stereocenters. The van der Waals surface area contributed by atoms with Crippen molar-refractivity contribution in [2.24, 2.45) is 12.2 Å². The molecule has 0 saturated carbocycles. The van der Waals surface area contributed by atoms with Gasteiger partial charge in [-0.2, -0.15) is 5.10 Å². The highest BCUT2D eigenvalue weighted by Crippen LogP contribution is 1.99. The Balaban J connectivity index is 0.000000261. The minimum atomic E-state index is -2.62. The molecule has 70 valence electrons. The summed E-state index contributed by atoms with van der Waals surface area (Å²) in [6.07, 6.45) is 2.01. The highest BCUT2D eigenvalue weighted by molar-refractivity contribution is 7.69. The SMILES string of the molecule is Cc1cn(C)nc1C.N[SH](=O)=O. The summed E-state index contributed by atoms with van der Waals surface area (Å²) in [5.41, 5.74) is 2.38. The molecule has 1 aromatic rings. The lowest BCUT2D eigenvalue weighted by Crippen LogP contribution is -1.86. The third kappa shape index (κ3) is 4.86. The van der Waals surface area contributed by atoms with Crippen LogP contribution in [0.15, 0.2) is 6.20 Å². The van der Waals surface area contributed by atoms with Crippen LogP contribution >= 0.6 is 0 Å². The van der Waals surface area contributed by atoms with Crippen molar-refractivity contribution >= 4 is 10.9 Å². The minimum absolute atomic E-state index is 1.12. The van der Waals surface area contributed by atoms with E-state index in [0.29, 0.717) is 0 Å². The van der Waals surface area contributed by atoms with Crippen molar-refractivity contribution in [2.45, 2.75) is 13.8 Å². The van der Waals surface area contributed by atoms with Gasteiger partial charge in [-0.25, -0.2) is 13.6 Å². The summed E-state index contributed by atoms with van der Waals surface area (Å²) in [7, 11) is -0.690. The van der Waals surface area contributed by atoms with Crippen molar-refractivity contribution in [3.05, 3.63) is 17.5 Å². The maximum atomic E-state index is 8.81. The number of thiol groups is 1. The van der Waals surface area contributed by atoms with Gasteiger partial charge in [0.15, 0.2) is 10.9 Å². The van der Waals surface area contributed by atoms with Gasteiger partial charge in [0, 0.05) is 13.2 Å². The van der Waals surface area contributed by atoms with Gasteiger partial charge in [0.2, 0.25) is 0 Å². The molecule has 2 N–H and O–H groups in total. The molecule has 0 aliphatic carbocycles. The van der Waals surface area contributed by atoms with Crippen molar-refractivity contribution in [3.63, 3.8) is 0 Å². The molecule has 1 heterocycles. The normalized spacial score (nSPS) is 9.42. The number of hydrogen-bond donors (Lipinski definition) is 2. The first-order chi connectivity index (χ1) is 5.43. The molecular weight excluding hydrogens is 178 g/mol. The average Bonchev–Trinajstić information content (AvgIpc) is 2.08. The second-order valence-corrected chi connectivity index (χ2v) is 2.93. The van der Waals surface area contributed by atoms with E-state index in [0.717, 1.165) is 5.69 Å². The fraction of sp³-hybridized carbons (Fsp3) is 0.500. The van der Waals surface area contributed by atoms with Crippen LogP contribution in [0.25, 0.3) is 0 Å². The number of nitrogens with two attached hydrogens (primary N) is 1. The Labute approximate surface area is 73.3 Å². The summed E-state index contributed by atoms with van der Waals surface area (Å²) in [5.74, 6) is 0. The standard InChI is InChI=1S/C6H10N2.H3NO2S/c1-5-4-8(3)7-6(5)2;1-4(2)3/h4H,1-3H3;4H,(H2,1,2,3). The molecule has 0 aromatic carbocycles. The molecule has 0 spiro atoms. The number of aryl methyl sites for hydroxylation is 3. The van der Waals surface area contributed by atoms with E-state index in [4.69, 9.17) is 8.42 Å². The number of aromatic nitrogens is 2. The Morgan fingerprint density at radius 2 is 1.92 bits per heavy atom. The van der Waals surface area contributed by atoms with Gasteiger partial charge in [-0.05, 0) is 19.4 Å². The van der Waals surface area contributed by atoms with E-state index < -0.39 is 10.9 Å². The van der Waals surface area contributed by atoms with Crippen LogP contribution in [0, 0.1) is 13.8 Å². The summed E-state index contributed by atoms with van der Waals surface area (Å²) >= 11 is 0. The monoisotopic (exact) mass is 191 g/mol. The van der Waals surface area contributed by atoms with E-state index in [1.807, 2.05) is 24.9 Å². The Morgan fingerprint density at radius 1 is 1.50 bits per heavy atom. The van der Waals surface area contributed by atoms with Gasteiger partial charge in [-0.1, -0.05) is 0 Å². The summed E-state index contributed by atoms with van der Waals surface area (Å²) in [4.78, 5) is 0. The largest absolute Gasteiger partial charge is 0.275 e. The number of nitrogens with zero attached hydrogens (tertiary/aromatic N) is 2. The first kappa shape index (κ1) is 11.1. The van der Waals surface area contributed by atoms with E-state index in [1.165, 1.54) is 5.56 Å². The summed E-state index contributed by atoms with van der Waals surface area (Å²) in [5, 5.41) is 8.19. The molecule has 1 aromatic heterocycles. The van der Waals surface area contributed by atoms with Crippen LogP contribution in [0.2, 0.25) is 0 Å². The summed E-state index contributed by atoms with van der Waals surface area (Å²) in [6.45, 7) is 4.07. The molecular formula is C6H13N3O2S. The van der Waals surface area contributed by atoms with Gasteiger partial charge in [0.25, 0.3) is 0 Å². The molecule has 0 aliphatic heterocycles. The first-order valence-corrected chi connectivity index (χ1v) is 4.54. The van der Waals surface area contributed by atoms with E-state index in [1.54, 1.807) is 0 Å². The predicted molar refractivity (Wildman–Crippen MR) is 47.2 cm³/mol. The van der Waals surface area contributed by atoms with Gasteiger partial charge in [-0.15, -0.1) is 0 Å². The second kappa shape index (κ2) is 4.89. The quantitative estimate of drug-likeness (QED) is 0.543. The lowest BCUT2D eigenvalue weighted by Gasteiger charge is -1.79. The molecule has 6 heteroatoms. The van der Waals surface area contributed by atoms with Crippen molar-refractivity contribution in [2.75, 3.05) is 0 Å². The maximum Gasteiger partial charge on any atom is 0.198 e. The topological polar surface area (TPSA) is 78.0 Å². The second-order valence-electron chi connectivity index (χ2n) is 2.36. The van der Waals surface area contributed by atoms with Gasteiger partial charge in [0.1, 0.15) is 0 Å². The van der Waals surface area contributed by atoms with Gasteiger partial charge in [-0.3, -0.25) is 4.68 Å². The van der Waals surface area contributed by atoms with Crippen molar-refractivity contribution < 1.29 is 8.42 Å². The third-order valence-corrected chi connectivity index (χ3v) is 1.26. The summed E-state index contributed by atoms with van der Waals surface area (Å²) in [6, 6.07) is 0. The molecule has 0 bridgehead atoms. The Morgan fingerprint density at radius 3 is 2.00 bits per heavy atom. The Hall–Kier alpha value is -0.880. The van der Waals surface area contributed by atoms with Crippen LogP contribution in [0.4, 0.5) is 0 Å². The lowest BCUT2D eigenvalue weighted by atomic mass is 10.3. The van der Waals surface area contributed by atoms with Crippen LogP contribution in [-0.2, 0) is 17.9 Å².